The van der Waals surface area contributed by atoms with E-state index >= 15 is 0 Å². The van der Waals surface area contributed by atoms with Crippen LogP contribution in [-0.4, -0.2) is 15.4 Å². The first-order chi connectivity index (χ1) is 6.45. The molecule has 0 aliphatic heterocycles. The van der Waals surface area contributed by atoms with Crippen LogP contribution < -0.4 is 8.79 Å². The molecule has 2 radical (unpaired) electrons. The van der Waals surface area contributed by atoms with Crippen LogP contribution in [0.5, 0.6) is 0 Å². The van der Waals surface area contributed by atoms with Gasteiger partial charge in [0.2, 0.25) is 0 Å². The van der Waals surface area contributed by atoms with E-state index in [1.54, 1.807) is 0 Å². The van der Waals surface area contributed by atoms with Gasteiger partial charge < -0.3 is 1.43 Å². The maximum absolute atomic E-state index is 2.22. The van der Waals surface area contributed by atoms with Gasteiger partial charge in [0, 0.05) is 0 Å². The minimum atomic E-state index is -0.108. The van der Waals surface area contributed by atoms with Crippen LogP contribution in [0.15, 0.2) is 60.7 Å². The van der Waals surface area contributed by atoms with Crippen LogP contribution >= 0.6 is 0 Å². The monoisotopic (exact) mass is 229 g/mol. The molecule has 2 aromatic rings. The van der Waals surface area contributed by atoms with Gasteiger partial charge in [0.1, 0.15) is 0 Å². The zero-order chi connectivity index (χ0) is 8.93. The van der Waals surface area contributed by atoms with E-state index < -0.39 is 0 Å². The van der Waals surface area contributed by atoms with Gasteiger partial charge in [0.15, 0.2) is 0 Å². The van der Waals surface area contributed by atoms with E-state index in [2.05, 4.69) is 60.7 Å². The van der Waals surface area contributed by atoms with Gasteiger partial charge in [-0.1, -0.05) is 0 Å². The minimum absolute atomic E-state index is 0. The topological polar surface area (TPSA) is 0 Å². The summed E-state index contributed by atoms with van der Waals surface area (Å²) >= 11 is -0.108. The Hall–Kier alpha value is -1.02. The van der Waals surface area contributed by atoms with Crippen LogP contribution in [0.4, 0.5) is 0 Å². The van der Waals surface area contributed by atoms with Crippen LogP contribution in [0.25, 0.3) is 0 Å². The molecule has 0 bridgehead atoms. The van der Waals surface area contributed by atoms with E-state index in [1.165, 1.54) is 8.79 Å². The molecule has 13 heavy (non-hydrogen) atoms. The van der Waals surface area contributed by atoms with Crippen LogP contribution in [0.3, 0.4) is 0 Å². The Morgan fingerprint density at radius 2 is 1.00 bits per heavy atom. The molecular weight excluding hydrogens is 217 g/mol. The number of rotatable bonds is 2. The molecule has 0 fully saturated rings. The average Bonchev–Trinajstić information content (AvgIpc) is 2.21. The summed E-state index contributed by atoms with van der Waals surface area (Å²) in [6.07, 6.45) is 0. The molecule has 64 valence electrons. The van der Waals surface area contributed by atoms with Gasteiger partial charge in [-0.25, -0.2) is 0 Å². The van der Waals surface area contributed by atoms with Crippen molar-refractivity contribution in [3.63, 3.8) is 0 Å². The van der Waals surface area contributed by atoms with Gasteiger partial charge in [-0.3, -0.25) is 0 Å². The van der Waals surface area contributed by atoms with Gasteiger partial charge in [-0.05, 0) is 0 Å². The predicted molar refractivity (Wildman–Crippen MR) is 59.0 cm³/mol. The number of hydrogen-bond acceptors (Lipinski definition) is 0. The van der Waals surface area contributed by atoms with E-state index in [-0.39, 0.29) is 16.9 Å². The van der Waals surface area contributed by atoms with Gasteiger partial charge in [0.25, 0.3) is 0 Å². The van der Waals surface area contributed by atoms with Crippen molar-refractivity contribution in [2.24, 2.45) is 0 Å². The Bertz CT molecular complexity index is 321. The molecule has 0 saturated heterocycles. The maximum atomic E-state index is 2.22. The Morgan fingerprint density at radius 1 is 0.615 bits per heavy atom. The molecule has 0 heterocycles. The second-order valence-corrected chi connectivity index (χ2v) is 5.80. The van der Waals surface area contributed by atoms with Crippen LogP contribution in [0, 0.1) is 0 Å². The molecule has 1 heteroatoms. The first-order valence-electron chi connectivity index (χ1n) is 4.32. The van der Waals surface area contributed by atoms with Crippen molar-refractivity contribution in [1.82, 2.24) is 0 Å². The molecule has 2 rings (SSSR count). The Balaban J connectivity index is 0.000000980. The van der Waals surface area contributed by atoms with Crippen molar-refractivity contribution in [1.29, 1.82) is 0 Å². The van der Waals surface area contributed by atoms with Crippen LogP contribution in [-0.2, 0) is 0 Å². The average molecular weight is 228 g/mol. The van der Waals surface area contributed by atoms with E-state index in [1.807, 2.05) is 0 Å². The zero-order valence-electron chi connectivity index (χ0n) is 8.27. The summed E-state index contributed by atoms with van der Waals surface area (Å²) in [7, 11) is 0. The number of benzene rings is 2. The summed E-state index contributed by atoms with van der Waals surface area (Å²) in [6, 6.07) is 21.5. The summed E-state index contributed by atoms with van der Waals surface area (Å²) in [4.78, 5) is 0. The van der Waals surface area contributed by atoms with Gasteiger partial charge in [-0.15, -0.1) is 0 Å². The molecule has 0 unspecified atom stereocenters. The fourth-order valence-corrected chi connectivity index (χ4v) is 3.42. The molecular formula is C12H11Ge-. The normalized spacial score (nSPS) is 9.85. The zero-order valence-corrected chi connectivity index (χ0v) is 9.37. The summed E-state index contributed by atoms with van der Waals surface area (Å²) in [5.74, 6) is 0. The quantitative estimate of drug-likeness (QED) is 0.682. The van der Waals surface area contributed by atoms with Crippen molar-refractivity contribution >= 4 is 24.2 Å². The predicted octanol–water partition coefficient (Wildman–Crippen LogP) is 1.45. The molecule has 0 spiro atoms. The first-order valence-corrected chi connectivity index (χ1v) is 6.42. The number of hydrogen-bond donors (Lipinski definition) is 0. The first kappa shape index (κ1) is 8.58. The molecule has 0 aliphatic rings. The summed E-state index contributed by atoms with van der Waals surface area (Å²) in [5, 5.41) is 0. The van der Waals surface area contributed by atoms with Crippen LogP contribution in [0.1, 0.15) is 1.43 Å². The van der Waals surface area contributed by atoms with E-state index in [9.17, 15) is 0 Å². The van der Waals surface area contributed by atoms with Crippen molar-refractivity contribution in [2.75, 3.05) is 0 Å². The van der Waals surface area contributed by atoms with Crippen molar-refractivity contribution < 1.29 is 1.43 Å². The molecule has 2 aromatic carbocycles. The second kappa shape index (κ2) is 4.28. The third kappa shape index (κ3) is 2.46. The van der Waals surface area contributed by atoms with Crippen LogP contribution in [0.2, 0.25) is 0 Å². The summed E-state index contributed by atoms with van der Waals surface area (Å²) in [6.45, 7) is 0. The fraction of sp³-hybridized carbons (Fsp3) is 0. The summed E-state index contributed by atoms with van der Waals surface area (Å²) in [5.41, 5.74) is 0. The standard InChI is InChI=1S/C12H10Ge.H/c1-3-7-11(8-4-1)13-12-9-5-2-6-10-12;/h1-10H;/q;-1. The second-order valence-electron chi connectivity index (χ2n) is 2.86. The molecule has 0 aromatic heterocycles. The molecule has 0 atom stereocenters. The molecule has 0 aliphatic carbocycles. The SMILES string of the molecule is [H-].c1cc[c]([Ge][c]2ccccc2)cc1. The Labute approximate surface area is 86.6 Å². The molecule has 0 N–H and O–H groups in total. The molecule has 0 saturated carbocycles. The third-order valence-electron chi connectivity index (χ3n) is 1.84. The van der Waals surface area contributed by atoms with E-state index in [0.29, 0.717) is 0 Å². The van der Waals surface area contributed by atoms with Gasteiger partial charge in [-0.2, -0.15) is 0 Å². The van der Waals surface area contributed by atoms with Gasteiger partial charge >= 0.3 is 84.9 Å². The molecule has 0 nitrogen and oxygen atoms in total. The van der Waals surface area contributed by atoms with Crippen molar-refractivity contribution in [3.05, 3.63) is 60.7 Å². The fourth-order valence-electron chi connectivity index (χ4n) is 1.21. The summed E-state index contributed by atoms with van der Waals surface area (Å²) < 4.78 is 2.99. The van der Waals surface area contributed by atoms with Crippen molar-refractivity contribution in [3.8, 4) is 0 Å². The Kier molecular flexibility index (Phi) is 2.83. The van der Waals surface area contributed by atoms with Gasteiger partial charge in [0.05, 0.1) is 0 Å². The Morgan fingerprint density at radius 3 is 1.38 bits per heavy atom. The third-order valence-corrected chi connectivity index (χ3v) is 4.45. The van der Waals surface area contributed by atoms with Crippen molar-refractivity contribution in [2.45, 2.75) is 0 Å². The van der Waals surface area contributed by atoms with E-state index in [0.717, 1.165) is 0 Å². The molecule has 0 amide bonds. The van der Waals surface area contributed by atoms with E-state index in [4.69, 9.17) is 0 Å².